The van der Waals surface area contributed by atoms with Crippen LogP contribution in [-0.4, -0.2) is 27.8 Å². The van der Waals surface area contributed by atoms with Crippen molar-refractivity contribution in [3.05, 3.63) is 89.5 Å². The lowest BCUT2D eigenvalue weighted by atomic mass is 10.1. The van der Waals surface area contributed by atoms with Gasteiger partial charge in [0.1, 0.15) is 12.4 Å². The largest absolute Gasteiger partial charge is 0.488 e. The second-order valence-electron chi connectivity index (χ2n) is 6.95. The van der Waals surface area contributed by atoms with Crippen LogP contribution in [0.25, 0.3) is 11.0 Å². The third-order valence-electron chi connectivity index (χ3n) is 4.53. The summed E-state index contributed by atoms with van der Waals surface area (Å²) in [5.41, 5.74) is 7.48. The first-order valence-corrected chi connectivity index (χ1v) is 10.8. The average molecular weight is 431 g/mol. The number of rotatable bonds is 8. The molecule has 2 N–H and O–H groups in total. The number of thioether (sulfide) groups is 1. The number of aryl methyl sites for hydroxylation is 1. The molecule has 0 aliphatic rings. The summed E-state index contributed by atoms with van der Waals surface area (Å²) in [7, 11) is 0. The van der Waals surface area contributed by atoms with Crippen molar-refractivity contribution >= 4 is 34.9 Å². The van der Waals surface area contributed by atoms with E-state index in [-0.39, 0.29) is 11.7 Å². The SMILES string of the molecule is Cc1ccc(COc2ccccc2/C=N\NC(=O)CSc2nc3ccccc3[nH]2)cc1. The van der Waals surface area contributed by atoms with E-state index in [4.69, 9.17) is 4.74 Å². The number of hydrogen-bond acceptors (Lipinski definition) is 5. The van der Waals surface area contributed by atoms with E-state index < -0.39 is 0 Å². The number of aromatic nitrogens is 2. The molecule has 0 aliphatic carbocycles. The molecule has 0 radical (unpaired) electrons. The van der Waals surface area contributed by atoms with E-state index in [1.807, 2.05) is 60.7 Å². The number of amides is 1. The lowest BCUT2D eigenvalue weighted by molar-refractivity contribution is -0.118. The number of carbonyl (C=O) groups is 1. The minimum atomic E-state index is -0.209. The maximum absolute atomic E-state index is 12.1. The fraction of sp³-hybridized carbons (Fsp3) is 0.125. The molecule has 7 heteroatoms. The summed E-state index contributed by atoms with van der Waals surface area (Å²) < 4.78 is 5.93. The molecule has 4 aromatic rings. The Morgan fingerprint density at radius 2 is 1.87 bits per heavy atom. The first kappa shape index (κ1) is 20.7. The fourth-order valence-electron chi connectivity index (χ4n) is 2.90. The van der Waals surface area contributed by atoms with Crippen molar-refractivity contribution in [1.82, 2.24) is 15.4 Å². The van der Waals surface area contributed by atoms with Crippen LogP contribution in [-0.2, 0) is 11.4 Å². The monoisotopic (exact) mass is 430 g/mol. The molecule has 0 aliphatic heterocycles. The summed E-state index contributed by atoms with van der Waals surface area (Å²) in [5.74, 6) is 0.709. The number of para-hydroxylation sites is 3. The highest BCUT2D eigenvalue weighted by Gasteiger charge is 2.07. The number of aromatic amines is 1. The summed E-state index contributed by atoms with van der Waals surface area (Å²) in [4.78, 5) is 19.8. The molecule has 1 aromatic heterocycles. The second kappa shape index (κ2) is 9.95. The van der Waals surface area contributed by atoms with E-state index in [9.17, 15) is 4.79 Å². The van der Waals surface area contributed by atoms with Crippen LogP contribution in [0.15, 0.2) is 83.1 Å². The van der Waals surface area contributed by atoms with Crippen molar-refractivity contribution < 1.29 is 9.53 Å². The topological polar surface area (TPSA) is 79.4 Å². The Balaban J connectivity index is 1.29. The van der Waals surface area contributed by atoms with E-state index in [0.29, 0.717) is 17.5 Å². The number of hydrogen-bond donors (Lipinski definition) is 2. The Kier molecular flexibility index (Phi) is 6.64. The Morgan fingerprint density at radius 3 is 2.71 bits per heavy atom. The zero-order valence-electron chi connectivity index (χ0n) is 17.0. The third kappa shape index (κ3) is 5.73. The van der Waals surface area contributed by atoms with Gasteiger partial charge in [0.25, 0.3) is 5.91 Å². The van der Waals surface area contributed by atoms with Gasteiger partial charge in [0.2, 0.25) is 0 Å². The Labute approximate surface area is 184 Å². The second-order valence-corrected chi connectivity index (χ2v) is 7.92. The molecule has 6 nitrogen and oxygen atoms in total. The van der Waals surface area contributed by atoms with Gasteiger partial charge in [-0.1, -0.05) is 65.9 Å². The maximum Gasteiger partial charge on any atom is 0.250 e. The minimum absolute atomic E-state index is 0.209. The van der Waals surface area contributed by atoms with Crippen LogP contribution in [0.1, 0.15) is 16.7 Å². The van der Waals surface area contributed by atoms with E-state index in [2.05, 4.69) is 39.6 Å². The molecule has 156 valence electrons. The van der Waals surface area contributed by atoms with Gasteiger partial charge in [0.15, 0.2) is 5.16 Å². The highest BCUT2D eigenvalue weighted by atomic mass is 32.2. The van der Waals surface area contributed by atoms with Crippen LogP contribution in [0.4, 0.5) is 0 Å². The molecule has 0 atom stereocenters. The van der Waals surface area contributed by atoms with E-state index in [1.165, 1.54) is 17.3 Å². The number of benzene rings is 3. The van der Waals surface area contributed by atoms with Crippen LogP contribution in [0, 0.1) is 6.92 Å². The van der Waals surface area contributed by atoms with Crippen LogP contribution in [0.2, 0.25) is 0 Å². The number of H-pyrrole nitrogens is 1. The summed E-state index contributed by atoms with van der Waals surface area (Å²) in [5, 5.41) is 4.78. The zero-order valence-corrected chi connectivity index (χ0v) is 17.9. The molecule has 1 heterocycles. The van der Waals surface area contributed by atoms with Gasteiger partial charge in [-0.3, -0.25) is 4.79 Å². The summed E-state index contributed by atoms with van der Waals surface area (Å²) >= 11 is 1.33. The van der Waals surface area contributed by atoms with Crippen LogP contribution >= 0.6 is 11.8 Å². The molecule has 31 heavy (non-hydrogen) atoms. The number of nitrogens with one attached hydrogen (secondary N) is 2. The lowest BCUT2D eigenvalue weighted by Gasteiger charge is -2.09. The average Bonchev–Trinajstić information content (AvgIpc) is 3.21. The molecule has 0 saturated carbocycles. The number of imidazole rings is 1. The number of nitrogens with zero attached hydrogens (tertiary/aromatic N) is 2. The van der Waals surface area contributed by atoms with Gasteiger partial charge in [0, 0.05) is 5.56 Å². The Morgan fingerprint density at radius 1 is 1.10 bits per heavy atom. The van der Waals surface area contributed by atoms with E-state index in [0.717, 1.165) is 22.2 Å². The van der Waals surface area contributed by atoms with Crippen LogP contribution in [0.3, 0.4) is 0 Å². The normalized spacial score (nSPS) is 11.1. The van der Waals surface area contributed by atoms with Gasteiger partial charge in [0.05, 0.1) is 23.0 Å². The first-order chi connectivity index (χ1) is 15.2. The van der Waals surface area contributed by atoms with Crippen molar-refractivity contribution in [2.24, 2.45) is 5.10 Å². The van der Waals surface area contributed by atoms with Crippen LogP contribution in [0.5, 0.6) is 5.75 Å². The number of ether oxygens (including phenoxy) is 1. The Hall–Kier alpha value is -3.58. The maximum atomic E-state index is 12.1. The van der Waals surface area contributed by atoms with Crippen molar-refractivity contribution in [3.8, 4) is 5.75 Å². The number of hydrazone groups is 1. The summed E-state index contributed by atoms with van der Waals surface area (Å²) in [6.45, 7) is 2.52. The van der Waals surface area contributed by atoms with Crippen molar-refractivity contribution in [3.63, 3.8) is 0 Å². The number of fused-ring (bicyclic) bond motifs is 1. The van der Waals surface area contributed by atoms with Gasteiger partial charge in [-0.25, -0.2) is 10.4 Å². The molecule has 0 saturated heterocycles. The molecule has 4 rings (SSSR count). The molecule has 0 unspecified atom stereocenters. The molecule has 1 amide bonds. The Bertz CT molecular complexity index is 1170. The van der Waals surface area contributed by atoms with Gasteiger partial charge < -0.3 is 9.72 Å². The van der Waals surface area contributed by atoms with E-state index in [1.54, 1.807) is 6.21 Å². The predicted octanol–water partition coefficient (Wildman–Crippen LogP) is 4.69. The minimum Gasteiger partial charge on any atom is -0.488 e. The number of carbonyl (C=O) groups excluding carboxylic acids is 1. The van der Waals surface area contributed by atoms with E-state index >= 15 is 0 Å². The zero-order chi connectivity index (χ0) is 21.5. The molecule has 3 aromatic carbocycles. The predicted molar refractivity (Wildman–Crippen MR) is 125 cm³/mol. The standard InChI is InChI=1S/C24H22N4O2S/c1-17-10-12-18(13-11-17)15-30-22-9-5-2-6-19(22)14-25-28-23(29)16-31-24-26-20-7-3-4-8-21(20)27-24/h2-14H,15-16H2,1H3,(H,26,27)(H,28,29)/b25-14-. The van der Waals surface area contributed by atoms with Crippen LogP contribution < -0.4 is 10.2 Å². The van der Waals surface area contributed by atoms with Crippen molar-refractivity contribution in [2.75, 3.05) is 5.75 Å². The van der Waals surface area contributed by atoms with Gasteiger partial charge in [-0.2, -0.15) is 5.10 Å². The molecule has 0 spiro atoms. The molecule has 0 fully saturated rings. The third-order valence-corrected chi connectivity index (χ3v) is 5.41. The quantitative estimate of drug-likeness (QED) is 0.241. The van der Waals surface area contributed by atoms with Gasteiger partial charge in [-0.05, 0) is 36.8 Å². The smallest absolute Gasteiger partial charge is 0.250 e. The van der Waals surface area contributed by atoms with Crippen molar-refractivity contribution in [2.45, 2.75) is 18.7 Å². The molecular formula is C24H22N4O2S. The lowest BCUT2D eigenvalue weighted by Crippen LogP contribution is -2.19. The summed E-state index contributed by atoms with van der Waals surface area (Å²) in [6, 6.07) is 23.6. The highest BCUT2D eigenvalue weighted by Crippen LogP contribution is 2.19. The highest BCUT2D eigenvalue weighted by molar-refractivity contribution is 7.99. The first-order valence-electron chi connectivity index (χ1n) is 9.84. The van der Waals surface area contributed by atoms with Gasteiger partial charge in [-0.15, -0.1) is 0 Å². The summed E-state index contributed by atoms with van der Waals surface area (Å²) in [6.07, 6.45) is 1.59. The molecule has 0 bridgehead atoms. The van der Waals surface area contributed by atoms with Gasteiger partial charge >= 0.3 is 0 Å². The van der Waals surface area contributed by atoms with Crippen molar-refractivity contribution in [1.29, 1.82) is 0 Å². The fourth-order valence-corrected chi connectivity index (χ4v) is 3.58. The molecular weight excluding hydrogens is 408 g/mol.